The van der Waals surface area contributed by atoms with Crippen LogP contribution < -0.4 is 0 Å². The Morgan fingerprint density at radius 3 is 2.89 bits per heavy atom. The van der Waals surface area contributed by atoms with E-state index in [9.17, 15) is 8.78 Å². The van der Waals surface area contributed by atoms with Crippen molar-refractivity contribution < 1.29 is 13.3 Å². The molecule has 27 heavy (non-hydrogen) atoms. The molecule has 1 fully saturated rings. The van der Waals surface area contributed by atoms with Crippen LogP contribution in [-0.2, 0) is 6.54 Å². The minimum atomic E-state index is -2.58. The van der Waals surface area contributed by atoms with E-state index in [1.807, 2.05) is 25.1 Å². The first-order valence-electron chi connectivity index (χ1n) is 9.21. The summed E-state index contributed by atoms with van der Waals surface area (Å²) in [4.78, 5) is 11.4. The van der Waals surface area contributed by atoms with Crippen LogP contribution in [0.15, 0.2) is 28.8 Å². The second-order valence-electron chi connectivity index (χ2n) is 7.23. The molecule has 4 rings (SSSR count). The van der Waals surface area contributed by atoms with Gasteiger partial charge >= 0.3 is 0 Å². The normalized spacial score (nSPS) is 18.5. The highest BCUT2D eigenvalue weighted by atomic mass is 19.3. The number of rotatable bonds is 4. The third-order valence-electron chi connectivity index (χ3n) is 5.16. The van der Waals surface area contributed by atoms with Gasteiger partial charge in [0.25, 0.3) is 12.1 Å². The van der Waals surface area contributed by atoms with Crippen molar-refractivity contribution in [2.24, 2.45) is 0 Å². The second-order valence-corrected chi connectivity index (χ2v) is 7.23. The summed E-state index contributed by atoms with van der Waals surface area (Å²) in [7, 11) is 0. The molecule has 1 aliphatic rings. The smallest absolute Gasteiger partial charge is 0.264 e. The van der Waals surface area contributed by atoms with E-state index in [1.54, 1.807) is 6.92 Å². The third kappa shape index (κ3) is 3.69. The van der Waals surface area contributed by atoms with Crippen molar-refractivity contribution in [3.63, 3.8) is 0 Å². The summed E-state index contributed by atoms with van der Waals surface area (Å²) in [5.74, 6) is 0.0934. The maximum absolute atomic E-state index is 13.6. The van der Waals surface area contributed by atoms with Gasteiger partial charge < -0.3 is 4.52 Å². The molecule has 0 aliphatic carbocycles. The topological polar surface area (TPSA) is 55.1 Å². The van der Waals surface area contributed by atoms with Crippen LogP contribution in [0.4, 0.5) is 8.78 Å². The van der Waals surface area contributed by atoms with Gasteiger partial charge in [-0.2, -0.15) is 0 Å². The molecular formula is C20H22F2N4O. The van der Waals surface area contributed by atoms with Gasteiger partial charge in [0.15, 0.2) is 0 Å². The molecule has 1 atom stereocenters. The molecule has 3 aromatic heterocycles. The minimum Gasteiger partial charge on any atom is -0.336 e. The van der Waals surface area contributed by atoms with Crippen LogP contribution in [0.5, 0.6) is 0 Å². The number of pyridine rings is 2. The van der Waals surface area contributed by atoms with Crippen LogP contribution in [-0.4, -0.2) is 33.1 Å². The lowest BCUT2D eigenvalue weighted by atomic mass is 9.92. The van der Waals surface area contributed by atoms with Gasteiger partial charge in [-0.1, -0.05) is 11.2 Å². The Bertz CT molecular complexity index is 956. The van der Waals surface area contributed by atoms with Gasteiger partial charge in [-0.05, 0) is 51.4 Å². The van der Waals surface area contributed by atoms with E-state index < -0.39 is 6.43 Å². The van der Waals surface area contributed by atoms with E-state index in [0.717, 1.165) is 43.9 Å². The SMILES string of the molecule is Cc1cccc(CN2CCC[C@H](c3cc(C(F)F)c4c(C)noc4n3)C2)n1. The Hall–Kier alpha value is -2.41. The van der Waals surface area contributed by atoms with Gasteiger partial charge in [0, 0.05) is 36.0 Å². The number of fused-ring (bicyclic) bond motifs is 1. The fraction of sp³-hybridized carbons (Fsp3) is 0.450. The lowest BCUT2D eigenvalue weighted by Crippen LogP contribution is -2.34. The van der Waals surface area contributed by atoms with Crippen molar-refractivity contribution in [3.8, 4) is 0 Å². The Balaban J connectivity index is 1.59. The highest BCUT2D eigenvalue weighted by Crippen LogP contribution is 2.34. The number of aromatic nitrogens is 3. The lowest BCUT2D eigenvalue weighted by Gasteiger charge is -2.32. The number of hydrogen-bond donors (Lipinski definition) is 0. The molecule has 0 radical (unpaired) electrons. The first-order valence-corrected chi connectivity index (χ1v) is 9.21. The Morgan fingerprint density at radius 2 is 2.11 bits per heavy atom. The molecule has 0 spiro atoms. The second kappa shape index (κ2) is 7.31. The first-order chi connectivity index (χ1) is 13.0. The van der Waals surface area contributed by atoms with Gasteiger partial charge in [-0.3, -0.25) is 9.88 Å². The molecule has 3 aromatic rings. The maximum atomic E-state index is 13.6. The number of likely N-dealkylation sites (tertiary alicyclic amines) is 1. The molecule has 1 saturated heterocycles. The van der Waals surface area contributed by atoms with Crippen molar-refractivity contribution in [2.75, 3.05) is 13.1 Å². The molecule has 4 heterocycles. The quantitative estimate of drug-likeness (QED) is 0.672. The number of nitrogens with zero attached hydrogens (tertiary/aromatic N) is 4. The molecule has 0 bridgehead atoms. The molecular weight excluding hydrogens is 350 g/mol. The van der Waals surface area contributed by atoms with Crippen LogP contribution in [0.25, 0.3) is 11.1 Å². The molecule has 7 heteroatoms. The third-order valence-corrected chi connectivity index (χ3v) is 5.16. The summed E-state index contributed by atoms with van der Waals surface area (Å²) >= 11 is 0. The summed E-state index contributed by atoms with van der Waals surface area (Å²) in [6.07, 6.45) is -0.662. The molecule has 1 aliphatic heterocycles. The van der Waals surface area contributed by atoms with Crippen molar-refractivity contribution in [1.82, 2.24) is 20.0 Å². The van der Waals surface area contributed by atoms with Gasteiger partial charge in [0.05, 0.1) is 16.8 Å². The summed E-state index contributed by atoms with van der Waals surface area (Å²) in [6, 6.07) is 7.55. The zero-order chi connectivity index (χ0) is 19.0. The van der Waals surface area contributed by atoms with E-state index in [-0.39, 0.29) is 17.2 Å². The van der Waals surface area contributed by atoms with Crippen molar-refractivity contribution in [1.29, 1.82) is 0 Å². The number of alkyl halides is 2. The highest BCUT2D eigenvalue weighted by molar-refractivity contribution is 5.80. The van der Waals surface area contributed by atoms with Crippen LogP contribution in [0.2, 0.25) is 0 Å². The average molecular weight is 372 g/mol. The van der Waals surface area contributed by atoms with Crippen LogP contribution in [0.1, 0.15) is 53.5 Å². The summed E-state index contributed by atoms with van der Waals surface area (Å²) in [5, 5.41) is 4.15. The standard InChI is InChI=1S/C20H22F2N4O/c1-12-5-3-7-15(23-12)11-26-8-4-6-14(10-26)17-9-16(19(21)22)18-13(2)25-27-20(18)24-17/h3,5,7,9,14,19H,4,6,8,10-11H2,1-2H3/t14-/m0/s1. The number of hydrogen-bond acceptors (Lipinski definition) is 5. The van der Waals surface area contributed by atoms with Crippen molar-refractivity contribution in [2.45, 2.75) is 45.6 Å². The van der Waals surface area contributed by atoms with Crippen molar-refractivity contribution in [3.05, 3.63) is 52.6 Å². The maximum Gasteiger partial charge on any atom is 0.264 e. The largest absolute Gasteiger partial charge is 0.336 e. The predicted octanol–water partition coefficient (Wildman–Crippen LogP) is 4.55. The molecule has 0 aromatic carbocycles. The van der Waals surface area contributed by atoms with Gasteiger partial charge in [-0.15, -0.1) is 0 Å². The fourth-order valence-electron chi connectivity index (χ4n) is 3.89. The monoisotopic (exact) mass is 372 g/mol. The zero-order valence-electron chi connectivity index (χ0n) is 15.5. The van der Waals surface area contributed by atoms with E-state index >= 15 is 0 Å². The number of halogens is 2. The summed E-state index contributed by atoms with van der Waals surface area (Å²) < 4.78 is 32.4. The molecule has 5 nitrogen and oxygen atoms in total. The highest BCUT2D eigenvalue weighted by Gasteiger charge is 2.26. The fourth-order valence-corrected chi connectivity index (χ4v) is 3.89. The van der Waals surface area contributed by atoms with E-state index in [1.165, 1.54) is 6.07 Å². The zero-order valence-corrected chi connectivity index (χ0v) is 15.5. The van der Waals surface area contributed by atoms with Gasteiger partial charge in [0.1, 0.15) is 0 Å². The molecule has 0 amide bonds. The Labute approximate surface area is 156 Å². The van der Waals surface area contributed by atoms with Crippen molar-refractivity contribution >= 4 is 11.1 Å². The van der Waals surface area contributed by atoms with E-state index in [4.69, 9.17) is 4.52 Å². The lowest BCUT2D eigenvalue weighted by molar-refractivity contribution is 0.152. The van der Waals surface area contributed by atoms with Gasteiger partial charge in [0.2, 0.25) is 0 Å². The van der Waals surface area contributed by atoms with Gasteiger partial charge in [-0.25, -0.2) is 13.8 Å². The molecule has 0 N–H and O–H groups in total. The van der Waals surface area contributed by atoms with E-state index in [2.05, 4.69) is 20.0 Å². The van der Waals surface area contributed by atoms with E-state index in [0.29, 0.717) is 16.8 Å². The number of piperidine rings is 1. The summed E-state index contributed by atoms with van der Waals surface area (Å²) in [6.45, 7) is 6.13. The predicted molar refractivity (Wildman–Crippen MR) is 97.7 cm³/mol. The average Bonchev–Trinajstić information content (AvgIpc) is 3.02. The molecule has 0 saturated carbocycles. The van der Waals surface area contributed by atoms with Crippen LogP contribution in [0.3, 0.4) is 0 Å². The first kappa shape index (κ1) is 18.0. The summed E-state index contributed by atoms with van der Waals surface area (Å²) in [5.41, 5.74) is 3.31. The van der Waals surface area contributed by atoms with Crippen LogP contribution >= 0.6 is 0 Å². The minimum absolute atomic E-state index is 0.0359. The van der Waals surface area contributed by atoms with Crippen LogP contribution in [0, 0.1) is 13.8 Å². The Morgan fingerprint density at radius 1 is 1.26 bits per heavy atom. The molecule has 142 valence electrons. The number of aryl methyl sites for hydroxylation is 2. The Kier molecular flexibility index (Phi) is 4.86. The molecule has 0 unspecified atom stereocenters.